The summed E-state index contributed by atoms with van der Waals surface area (Å²) in [5, 5.41) is 14.0. The van der Waals surface area contributed by atoms with Crippen LogP contribution < -0.4 is 10.6 Å². The summed E-state index contributed by atoms with van der Waals surface area (Å²) in [7, 11) is 0. The van der Waals surface area contributed by atoms with Crippen LogP contribution in [0, 0.1) is 18.3 Å². The Labute approximate surface area is 156 Å². The average Bonchev–Trinajstić information content (AvgIpc) is 2.66. The average molecular weight is 365 g/mol. The van der Waals surface area contributed by atoms with Crippen molar-refractivity contribution in [3.05, 3.63) is 65.2 Å². The predicted octanol–water partition coefficient (Wildman–Crippen LogP) is 2.17. The Morgan fingerprint density at radius 2 is 1.89 bits per heavy atom. The second-order valence-electron chi connectivity index (χ2n) is 5.83. The maximum Gasteiger partial charge on any atom is 0.326 e. The quantitative estimate of drug-likeness (QED) is 0.763. The van der Waals surface area contributed by atoms with Crippen molar-refractivity contribution in [1.29, 1.82) is 5.26 Å². The molecule has 0 aliphatic heterocycles. The molecule has 2 N–H and O–H groups in total. The van der Waals surface area contributed by atoms with Crippen molar-refractivity contribution in [2.24, 2.45) is 0 Å². The molecule has 27 heavy (non-hydrogen) atoms. The molecule has 2 amide bonds. The minimum Gasteiger partial charge on any atom is -0.451 e. The molecule has 2 rings (SSSR count). The molecule has 1 atom stereocenters. The van der Waals surface area contributed by atoms with Gasteiger partial charge >= 0.3 is 5.97 Å². The van der Waals surface area contributed by atoms with E-state index in [0.29, 0.717) is 16.8 Å². The standard InChI is InChI=1S/C20H19N3O4/c1-13-6-5-8-15(10-13)20(26)22-12-18(24)27-14(2)19(25)23-17-9-4-3-7-16(17)11-21/h3-10,14H,12H2,1-2H3,(H,22,26)(H,23,25)/t14-/m0/s1. The third kappa shape index (κ3) is 5.68. The normalized spacial score (nSPS) is 11.0. The number of para-hydroxylation sites is 1. The molecule has 0 aliphatic rings. The van der Waals surface area contributed by atoms with E-state index in [1.54, 1.807) is 42.5 Å². The molecular formula is C20H19N3O4. The van der Waals surface area contributed by atoms with E-state index in [4.69, 9.17) is 10.00 Å². The Bertz CT molecular complexity index is 902. The van der Waals surface area contributed by atoms with Crippen LogP contribution in [0.2, 0.25) is 0 Å². The van der Waals surface area contributed by atoms with Crippen LogP contribution in [0.5, 0.6) is 0 Å². The van der Waals surface area contributed by atoms with E-state index in [2.05, 4.69) is 10.6 Å². The maximum absolute atomic E-state index is 12.1. The Hall–Kier alpha value is -3.66. The van der Waals surface area contributed by atoms with Gasteiger partial charge in [-0.25, -0.2) is 0 Å². The molecule has 0 fully saturated rings. The molecule has 2 aromatic carbocycles. The number of rotatable bonds is 6. The van der Waals surface area contributed by atoms with Gasteiger partial charge in [-0.15, -0.1) is 0 Å². The zero-order valence-electron chi connectivity index (χ0n) is 15.0. The van der Waals surface area contributed by atoms with Gasteiger partial charge in [0.25, 0.3) is 11.8 Å². The Morgan fingerprint density at radius 3 is 2.59 bits per heavy atom. The monoisotopic (exact) mass is 365 g/mol. The number of hydrogen-bond acceptors (Lipinski definition) is 5. The van der Waals surface area contributed by atoms with E-state index in [1.807, 2.05) is 19.1 Å². The lowest BCUT2D eigenvalue weighted by Crippen LogP contribution is -2.36. The van der Waals surface area contributed by atoms with Crippen LogP contribution in [0.15, 0.2) is 48.5 Å². The summed E-state index contributed by atoms with van der Waals surface area (Å²) in [5.74, 6) is -1.72. The Kier molecular flexibility index (Phi) is 6.67. The number of carbonyl (C=O) groups is 3. The van der Waals surface area contributed by atoms with Gasteiger partial charge in [0.2, 0.25) is 0 Å². The molecule has 0 spiro atoms. The predicted molar refractivity (Wildman–Crippen MR) is 98.9 cm³/mol. The van der Waals surface area contributed by atoms with E-state index < -0.39 is 23.9 Å². The lowest BCUT2D eigenvalue weighted by Gasteiger charge is -2.14. The fraction of sp³-hybridized carbons (Fsp3) is 0.200. The molecule has 0 bridgehead atoms. The van der Waals surface area contributed by atoms with Crippen molar-refractivity contribution < 1.29 is 19.1 Å². The molecule has 0 aromatic heterocycles. The number of nitrogens with one attached hydrogen (secondary N) is 2. The van der Waals surface area contributed by atoms with E-state index in [-0.39, 0.29) is 6.54 Å². The third-order valence-electron chi connectivity index (χ3n) is 3.66. The van der Waals surface area contributed by atoms with Crippen LogP contribution in [0.4, 0.5) is 5.69 Å². The number of aryl methyl sites for hydroxylation is 1. The topological polar surface area (TPSA) is 108 Å². The number of nitrogens with zero attached hydrogens (tertiary/aromatic N) is 1. The number of carbonyl (C=O) groups excluding carboxylic acids is 3. The fourth-order valence-corrected chi connectivity index (χ4v) is 2.26. The van der Waals surface area contributed by atoms with Gasteiger partial charge in [-0.1, -0.05) is 29.8 Å². The number of anilines is 1. The van der Waals surface area contributed by atoms with Gasteiger partial charge in [0, 0.05) is 5.56 Å². The number of hydrogen-bond donors (Lipinski definition) is 2. The van der Waals surface area contributed by atoms with Crippen LogP contribution in [0.1, 0.15) is 28.4 Å². The SMILES string of the molecule is Cc1cccc(C(=O)NCC(=O)O[C@@H](C)C(=O)Nc2ccccc2C#N)c1. The van der Waals surface area contributed by atoms with Crippen LogP contribution >= 0.6 is 0 Å². The summed E-state index contributed by atoms with van der Waals surface area (Å²) in [6.07, 6.45) is -1.08. The second-order valence-corrected chi connectivity index (χ2v) is 5.83. The molecule has 0 saturated carbocycles. The molecule has 0 saturated heterocycles. The van der Waals surface area contributed by atoms with Crippen molar-refractivity contribution in [3.63, 3.8) is 0 Å². The number of benzene rings is 2. The van der Waals surface area contributed by atoms with E-state index in [9.17, 15) is 14.4 Å². The first-order chi connectivity index (χ1) is 12.9. The first-order valence-electron chi connectivity index (χ1n) is 8.25. The summed E-state index contributed by atoms with van der Waals surface area (Å²) >= 11 is 0. The number of ether oxygens (including phenoxy) is 1. The van der Waals surface area contributed by atoms with Gasteiger partial charge in [-0.2, -0.15) is 5.26 Å². The van der Waals surface area contributed by atoms with Crippen LogP contribution in [-0.4, -0.2) is 30.4 Å². The molecule has 2 aromatic rings. The molecule has 7 nitrogen and oxygen atoms in total. The second kappa shape index (κ2) is 9.15. The Morgan fingerprint density at radius 1 is 1.15 bits per heavy atom. The van der Waals surface area contributed by atoms with Crippen LogP contribution in [0.25, 0.3) is 0 Å². The van der Waals surface area contributed by atoms with Gasteiger partial charge in [0.1, 0.15) is 12.6 Å². The van der Waals surface area contributed by atoms with Gasteiger partial charge in [0.15, 0.2) is 6.10 Å². The largest absolute Gasteiger partial charge is 0.451 e. The van der Waals surface area contributed by atoms with Crippen molar-refractivity contribution in [1.82, 2.24) is 5.32 Å². The highest BCUT2D eigenvalue weighted by Gasteiger charge is 2.19. The van der Waals surface area contributed by atoms with Crippen LogP contribution in [0.3, 0.4) is 0 Å². The lowest BCUT2D eigenvalue weighted by molar-refractivity contribution is -0.152. The highest BCUT2D eigenvalue weighted by Crippen LogP contribution is 2.14. The number of amides is 2. The van der Waals surface area contributed by atoms with Gasteiger partial charge < -0.3 is 15.4 Å². The lowest BCUT2D eigenvalue weighted by atomic mass is 10.1. The van der Waals surface area contributed by atoms with Gasteiger partial charge in [-0.3, -0.25) is 14.4 Å². The van der Waals surface area contributed by atoms with Crippen LogP contribution in [-0.2, 0) is 14.3 Å². The fourth-order valence-electron chi connectivity index (χ4n) is 2.26. The van der Waals surface area contributed by atoms with Crippen molar-refractivity contribution in [3.8, 4) is 6.07 Å². The molecule has 0 aliphatic carbocycles. The Balaban J connectivity index is 1.85. The number of esters is 1. The summed E-state index contributed by atoms with van der Waals surface area (Å²) in [6, 6.07) is 15.4. The molecule has 0 radical (unpaired) electrons. The highest BCUT2D eigenvalue weighted by atomic mass is 16.5. The molecule has 0 unspecified atom stereocenters. The highest BCUT2D eigenvalue weighted by molar-refractivity contribution is 5.97. The molecule has 0 heterocycles. The summed E-state index contributed by atoms with van der Waals surface area (Å²) in [4.78, 5) is 36.0. The smallest absolute Gasteiger partial charge is 0.326 e. The van der Waals surface area contributed by atoms with E-state index in [1.165, 1.54) is 6.92 Å². The van der Waals surface area contributed by atoms with Gasteiger partial charge in [-0.05, 0) is 38.1 Å². The summed E-state index contributed by atoms with van der Waals surface area (Å²) in [5.41, 5.74) is 1.99. The minimum atomic E-state index is -1.08. The molecule has 7 heteroatoms. The molecule has 138 valence electrons. The number of nitriles is 1. The molecular weight excluding hydrogens is 346 g/mol. The minimum absolute atomic E-state index is 0.301. The first-order valence-corrected chi connectivity index (χ1v) is 8.25. The summed E-state index contributed by atoms with van der Waals surface area (Å²) in [6.45, 7) is 2.90. The zero-order chi connectivity index (χ0) is 19.8. The third-order valence-corrected chi connectivity index (χ3v) is 3.66. The summed E-state index contributed by atoms with van der Waals surface area (Å²) < 4.78 is 5.02. The van der Waals surface area contributed by atoms with E-state index >= 15 is 0 Å². The maximum atomic E-state index is 12.1. The van der Waals surface area contributed by atoms with E-state index in [0.717, 1.165) is 5.56 Å². The van der Waals surface area contributed by atoms with Crippen molar-refractivity contribution in [2.75, 3.05) is 11.9 Å². The first kappa shape index (κ1) is 19.7. The van der Waals surface area contributed by atoms with Crippen molar-refractivity contribution >= 4 is 23.5 Å². The van der Waals surface area contributed by atoms with Gasteiger partial charge in [0.05, 0.1) is 11.3 Å². The van der Waals surface area contributed by atoms with Crippen molar-refractivity contribution in [2.45, 2.75) is 20.0 Å². The zero-order valence-corrected chi connectivity index (χ0v) is 15.0.